The maximum absolute atomic E-state index is 11.9. The van der Waals surface area contributed by atoms with Crippen LogP contribution in [-0.2, 0) is 9.63 Å². The number of hydroxylamine groups is 1. The lowest BCUT2D eigenvalue weighted by atomic mass is 9.92. The van der Waals surface area contributed by atoms with Gasteiger partial charge in [-0.1, -0.05) is 0 Å². The summed E-state index contributed by atoms with van der Waals surface area (Å²) in [5, 5.41) is 4.02. The van der Waals surface area contributed by atoms with Gasteiger partial charge in [0.15, 0.2) is 0 Å². The Morgan fingerprint density at radius 2 is 2.00 bits per heavy atom. The van der Waals surface area contributed by atoms with Gasteiger partial charge in [0, 0.05) is 6.04 Å². The molecule has 19 heavy (non-hydrogen) atoms. The van der Waals surface area contributed by atoms with Crippen LogP contribution in [0.1, 0.15) is 31.7 Å². The molecular formula is C10H13F3N4O2. The zero-order chi connectivity index (χ0) is 13.9. The third-order valence-corrected chi connectivity index (χ3v) is 3.06. The normalized spacial score (nSPS) is 24.2. The summed E-state index contributed by atoms with van der Waals surface area (Å²) in [6, 6.07) is -0.0649. The molecule has 0 aromatic carbocycles. The smallest absolute Gasteiger partial charge is 0.363 e. The molecule has 0 spiro atoms. The molecule has 0 radical (unpaired) electrons. The van der Waals surface area contributed by atoms with Crippen molar-refractivity contribution >= 4 is 5.97 Å². The zero-order valence-electron chi connectivity index (χ0n) is 9.93. The minimum absolute atomic E-state index is 0.193. The second-order valence-electron chi connectivity index (χ2n) is 4.39. The molecule has 1 heterocycles. The fourth-order valence-electron chi connectivity index (χ4n) is 2.06. The van der Waals surface area contributed by atoms with Crippen LogP contribution in [0.4, 0.5) is 13.2 Å². The highest BCUT2D eigenvalue weighted by Gasteiger charge is 2.41. The lowest BCUT2D eigenvalue weighted by Crippen LogP contribution is -2.39. The first-order chi connectivity index (χ1) is 8.97. The second-order valence-corrected chi connectivity index (χ2v) is 4.39. The van der Waals surface area contributed by atoms with Gasteiger partial charge in [0.2, 0.25) is 0 Å². The van der Waals surface area contributed by atoms with E-state index in [-0.39, 0.29) is 12.1 Å². The van der Waals surface area contributed by atoms with E-state index in [1.54, 1.807) is 11.0 Å². The lowest BCUT2D eigenvalue weighted by Gasteiger charge is -2.28. The number of alkyl halides is 3. The van der Waals surface area contributed by atoms with E-state index in [9.17, 15) is 18.0 Å². The van der Waals surface area contributed by atoms with E-state index in [2.05, 4.69) is 20.4 Å². The highest BCUT2D eigenvalue weighted by atomic mass is 19.4. The summed E-state index contributed by atoms with van der Waals surface area (Å²) in [6.07, 6.45) is 0.781. The summed E-state index contributed by atoms with van der Waals surface area (Å²) >= 11 is 0. The van der Waals surface area contributed by atoms with Gasteiger partial charge in [-0.25, -0.2) is 14.5 Å². The van der Waals surface area contributed by atoms with Crippen molar-refractivity contribution in [2.24, 2.45) is 0 Å². The molecule has 0 saturated heterocycles. The molecule has 1 N–H and O–H groups in total. The summed E-state index contributed by atoms with van der Waals surface area (Å²) in [5.41, 5.74) is 2.18. The van der Waals surface area contributed by atoms with E-state index in [1.165, 1.54) is 6.33 Å². The molecule has 1 saturated carbocycles. The van der Waals surface area contributed by atoms with E-state index in [1.807, 2.05) is 0 Å². The Bertz CT molecular complexity index is 413. The first-order valence-electron chi connectivity index (χ1n) is 5.84. The third-order valence-electron chi connectivity index (χ3n) is 3.06. The fourth-order valence-corrected chi connectivity index (χ4v) is 2.06. The Morgan fingerprint density at radius 3 is 2.53 bits per heavy atom. The molecule has 0 unspecified atom stereocenters. The van der Waals surface area contributed by atoms with Crippen molar-refractivity contribution < 1.29 is 22.8 Å². The largest absolute Gasteiger partial charge is 0.492 e. The summed E-state index contributed by atoms with van der Waals surface area (Å²) in [7, 11) is 0. The predicted octanol–water partition coefficient (Wildman–Crippen LogP) is 1.37. The van der Waals surface area contributed by atoms with Crippen LogP contribution in [0.5, 0.6) is 0 Å². The van der Waals surface area contributed by atoms with Crippen LogP contribution < -0.4 is 5.48 Å². The first-order valence-corrected chi connectivity index (χ1v) is 5.84. The number of carbonyl (C=O) groups is 1. The van der Waals surface area contributed by atoms with E-state index in [0.717, 1.165) is 12.8 Å². The minimum atomic E-state index is -4.97. The molecule has 0 atom stereocenters. The van der Waals surface area contributed by atoms with Crippen LogP contribution in [0.15, 0.2) is 12.7 Å². The molecule has 2 rings (SSSR count). The molecule has 106 valence electrons. The Kier molecular flexibility index (Phi) is 4.03. The van der Waals surface area contributed by atoms with Gasteiger partial charge in [-0.15, -0.1) is 5.48 Å². The zero-order valence-corrected chi connectivity index (χ0v) is 9.93. The number of nitrogens with one attached hydrogen (secondary N) is 1. The van der Waals surface area contributed by atoms with Crippen LogP contribution in [0.2, 0.25) is 0 Å². The van der Waals surface area contributed by atoms with Crippen LogP contribution >= 0.6 is 0 Å². The number of rotatable bonds is 3. The van der Waals surface area contributed by atoms with Crippen molar-refractivity contribution in [3.05, 3.63) is 12.7 Å². The van der Waals surface area contributed by atoms with Crippen LogP contribution in [0.25, 0.3) is 0 Å². The van der Waals surface area contributed by atoms with Crippen molar-refractivity contribution in [3.63, 3.8) is 0 Å². The number of nitrogens with zero attached hydrogens (tertiary/aromatic N) is 3. The van der Waals surface area contributed by atoms with E-state index in [4.69, 9.17) is 0 Å². The summed E-state index contributed by atoms with van der Waals surface area (Å²) in [4.78, 5) is 18.4. The van der Waals surface area contributed by atoms with E-state index in [0.29, 0.717) is 12.8 Å². The molecule has 6 nitrogen and oxygen atoms in total. The Hall–Kier alpha value is -1.64. The van der Waals surface area contributed by atoms with E-state index >= 15 is 0 Å². The van der Waals surface area contributed by atoms with Gasteiger partial charge in [0.25, 0.3) is 0 Å². The molecule has 1 aliphatic rings. The van der Waals surface area contributed by atoms with Gasteiger partial charge in [0.1, 0.15) is 12.7 Å². The van der Waals surface area contributed by atoms with Gasteiger partial charge in [-0.3, -0.25) is 0 Å². The third kappa shape index (κ3) is 3.66. The molecule has 0 bridgehead atoms. The molecular weight excluding hydrogens is 265 g/mol. The summed E-state index contributed by atoms with van der Waals surface area (Å²) in [6.45, 7) is 0. The van der Waals surface area contributed by atoms with Crippen molar-refractivity contribution in [1.29, 1.82) is 0 Å². The van der Waals surface area contributed by atoms with Gasteiger partial charge < -0.3 is 4.84 Å². The highest BCUT2D eigenvalue weighted by molar-refractivity contribution is 5.75. The Morgan fingerprint density at radius 1 is 1.32 bits per heavy atom. The topological polar surface area (TPSA) is 69.0 Å². The average Bonchev–Trinajstić information content (AvgIpc) is 2.89. The molecule has 0 amide bonds. The monoisotopic (exact) mass is 278 g/mol. The SMILES string of the molecule is O=C(ONC1CCC(n2cncn2)CC1)C(F)(F)F. The second kappa shape index (κ2) is 5.55. The molecule has 0 aliphatic heterocycles. The molecule has 1 fully saturated rings. The Balaban J connectivity index is 1.74. The maximum Gasteiger partial charge on any atom is 0.492 e. The van der Waals surface area contributed by atoms with Gasteiger partial charge in [-0.05, 0) is 25.7 Å². The van der Waals surface area contributed by atoms with Crippen LogP contribution in [-0.4, -0.2) is 33.0 Å². The van der Waals surface area contributed by atoms with Crippen molar-refractivity contribution in [2.75, 3.05) is 0 Å². The average molecular weight is 278 g/mol. The van der Waals surface area contributed by atoms with Crippen LogP contribution in [0.3, 0.4) is 0 Å². The number of halogens is 3. The number of hydrogen-bond acceptors (Lipinski definition) is 5. The lowest BCUT2D eigenvalue weighted by molar-refractivity contribution is -0.209. The Labute approximate surface area is 106 Å². The number of carbonyl (C=O) groups excluding carboxylic acids is 1. The molecule has 1 aliphatic carbocycles. The van der Waals surface area contributed by atoms with Gasteiger partial charge in [0.05, 0.1) is 6.04 Å². The quantitative estimate of drug-likeness (QED) is 0.846. The van der Waals surface area contributed by atoms with Crippen molar-refractivity contribution in [2.45, 2.75) is 43.9 Å². The summed E-state index contributed by atoms with van der Waals surface area (Å²) < 4.78 is 37.5. The standard InChI is InChI=1S/C10H13F3N4O2/c11-10(12,13)9(18)19-16-7-1-3-8(4-2-7)17-6-14-5-15-17/h5-8,16H,1-4H2. The summed E-state index contributed by atoms with van der Waals surface area (Å²) in [5.74, 6) is -2.22. The maximum atomic E-state index is 11.9. The molecule has 9 heteroatoms. The van der Waals surface area contributed by atoms with Gasteiger partial charge in [-0.2, -0.15) is 18.3 Å². The number of aromatic nitrogens is 3. The highest BCUT2D eigenvalue weighted by Crippen LogP contribution is 2.27. The van der Waals surface area contributed by atoms with Crippen molar-refractivity contribution in [1.82, 2.24) is 20.2 Å². The van der Waals surface area contributed by atoms with E-state index < -0.39 is 12.1 Å². The van der Waals surface area contributed by atoms with Crippen molar-refractivity contribution in [3.8, 4) is 0 Å². The molecule has 1 aromatic rings. The predicted molar refractivity (Wildman–Crippen MR) is 56.6 cm³/mol. The molecule has 1 aromatic heterocycles. The fraction of sp³-hybridized carbons (Fsp3) is 0.700. The first kappa shape index (κ1) is 13.8. The minimum Gasteiger partial charge on any atom is -0.363 e. The van der Waals surface area contributed by atoms with Crippen LogP contribution in [0, 0.1) is 0 Å². The number of hydrogen-bond donors (Lipinski definition) is 1. The van der Waals surface area contributed by atoms with Gasteiger partial charge >= 0.3 is 12.1 Å².